The van der Waals surface area contributed by atoms with Crippen LogP contribution in [0.2, 0.25) is 0 Å². The average Bonchev–Trinajstić information content (AvgIpc) is 2.44. The van der Waals surface area contributed by atoms with Crippen LogP contribution in [0, 0.1) is 10.1 Å². The molecule has 112 valence electrons. The standard InChI is InChI=1S/C14H22FN3O2/c1-4-12(15)9-14(18(19)20)11(2)10-17(3)13-5-7-16-8-6-13/h4,9-10,13,16H,5-8H2,1-3H3/b11-10?,12-4+,14-9+. The molecular weight excluding hydrogens is 261 g/mol. The first kappa shape index (κ1) is 16.4. The van der Waals surface area contributed by atoms with E-state index in [1.54, 1.807) is 13.1 Å². The lowest BCUT2D eigenvalue weighted by Gasteiger charge is -2.31. The highest BCUT2D eigenvalue weighted by Gasteiger charge is 2.19. The van der Waals surface area contributed by atoms with Crippen molar-refractivity contribution in [2.24, 2.45) is 0 Å². The van der Waals surface area contributed by atoms with Crippen LogP contribution in [0.15, 0.2) is 35.4 Å². The van der Waals surface area contributed by atoms with Gasteiger partial charge in [-0.15, -0.1) is 0 Å². The molecule has 1 saturated heterocycles. The van der Waals surface area contributed by atoms with Crippen LogP contribution in [0.3, 0.4) is 0 Å². The molecule has 0 radical (unpaired) electrons. The van der Waals surface area contributed by atoms with Gasteiger partial charge in [0.1, 0.15) is 5.83 Å². The van der Waals surface area contributed by atoms with Crippen LogP contribution < -0.4 is 5.32 Å². The summed E-state index contributed by atoms with van der Waals surface area (Å²) in [6.45, 7) is 5.04. The number of nitrogens with one attached hydrogen (secondary N) is 1. The Morgan fingerprint density at radius 1 is 1.45 bits per heavy atom. The zero-order valence-electron chi connectivity index (χ0n) is 12.2. The third kappa shape index (κ3) is 4.77. The van der Waals surface area contributed by atoms with Crippen molar-refractivity contribution < 1.29 is 9.31 Å². The van der Waals surface area contributed by atoms with Crippen LogP contribution in [0.1, 0.15) is 26.7 Å². The Balaban J connectivity index is 2.87. The molecule has 0 aromatic carbocycles. The van der Waals surface area contributed by atoms with Crippen molar-refractivity contribution in [3.05, 3.63) is 45.6 Å². The van der Waals surface area contributed by atoms with Gasteiger partial charge in [-0.2, -0.15) is 0 Å². The molecule has 0 aromatic heterocycles. The maximum atomic E-state index is 13.2. The second-order valence-electron chi connectivity index (χ2n) is 4.92. The molecule has 0 spiro atoms. The molecular formula is C14H22FN3O2. The van der Waals surface area contributed by atoms with E-state index in [0.717, 1.165) is 32.0 Å². The summed E-state index contributed by atoms with van der Waals surface area (Å²) in [5, 5.41) is 14.3. The molecule has 1 heterocycles. The smallest absolute Gasteiger partial charge is 0.276 e. The molecule has 0 atom stereocenters. The highest BCUT2D eigenvalue weighted by atomic mass is 19.1. The Kier molecular flexibility index (Phi) is 6.38. The lowest BCUT2D eigenvalue weighted by molar-refractivity contribution is -0.421. The van der Waals surface area contributed by atoms with Crippen LogP contribution in [-0.4, -0.2) is 36.0 Å². The minimum atomic E-state index is -0.603. The van der Waals surface area contributed by atoms with Gasteiger partial charge in [0.15, 0.2) is 0 Å². The molecule has 20 heavy (non-hydrogen) atoms. The number of nitro groups is 1. The van der Waals surface area contributed by atoms with Crippen molar-refractivity contribution in [1.82, 2.24) is 10.2 Å². The van der Waals surface area contributed by atoms with Crippen molar-refractivity contribution in [1.29, 1.82) is 0 Å². The summed E-state index contributed by atoms with van der Waals surface area (Å²) in [5.41, 5.74) is 0.245. The number of hydrogen-bond donors (Lipinski definition) is 1. The third-order valence-corrected chi connectivity index (χ3v) is 3.43. The van der Waals surface area contributed by atoms with Crippen molar-refractivity contribution >= 4 is 0 Å². The molecule has 0 bridgehead atoms. The molecule has 0 unspecified atom stereocenters. The minimum absolute atomic E-state index is 0.207. The maximum Gasteiger partial charge on any atom is 0.276 e. The molecule has 5 nitrogen and oxygen atoms in total. The first-order valence-electron chi connectivity index (χ1n) is 6.75. The van der Waals surface area contributed by atoms with Gasteiger partial charge in [0.25, 0.3) is 5.70 Å². The van der Waals surface area contributed by atoms with Gasteiger partial charge in [0.2, 0.25) is 0 Å². The van der Waals surface area contributed by atoms with Crippen molar-refractivity contribution in [3.63, 3.8) is 0 Å². The van der Waals surface area contributed by atoms with E-state index in [2.05, 4.69) is 5.32 Å². The Labute approximate surface area is 119 Å². The van der Waals surface area contributed by atoms with E-state index in [0.29, 0.717) is 11.6 Å². The molecule has 1 rings (SSSR count). The van der Waals surface area contributed by atoms with Gasteiger partial charge >= 0.3 is 0 Å². The summed E-state index contributed by atoms with van der Waals surface area (Å²) in [6, 6.07) is 0.366. The van der Waals surface area contributed by atoms with E-state index in [4.69, 9.17) is 0 Å². The molecule has 6 heteroatoms. The molecule has 0 aliphatic carbocycles. The maximum absolute atomic E-state index is 13.2. The number of halogens is 1. The van der Waals surface area contributed by atoms with E-state index in [-0.39, 0.29) is 5.70 Å². The quantitative estimate of drug-likeness (QED) is 0.478. The number of allylic oxidation sites excluding steroid dienone is 4. The largest absolute Gasteiger partial charge is 0.377 e. The molecule has 0 saturated carbocycles. The van der Waals surface area contributed by atoms with E-state index >= 15 is 0 Å². The minimum Gasteiger partial charge on any atom is -0.377 e. The molecule has 1 fully saturated rings. The van der Waals surface area contributed by atoms with E-state index in [1.807, 2.05) is 11.9 Å². The van der Waals surface area contributed by atoms with Gasteiger partial charge in [0.05, 0.1) is 11.0 Å². The van der Waals surface area contributed by atoms with E-state index in [1.165, 1.54) is 13.0 Å². The Hall–Kier alpha value is -1.69. The third-order valence-electron chi connectivity index (χ3n) is 3.43. The molecule has 0 aromatic rings. The van der Waals surface area contributed by atoms with Crippen molar-refractivity contribution in [3.8, 4) is 0 Å². The summed E-state index contributed by atoms with van der Waals surface area (Å²) < 4.78 is 13.2. The van der Waals surface area contributed by atoms with E-state index in [9.17, 15) is 14.5 Å². The average molecular weight is 283 g/mol. The highest BCUT2D eigenvalue weighted by Crippen LogP contribution is 2.17. The number of hydrogen-bond acceptors (Lipinski definition) is 4. The second-order valence-corrected chi connectivity index (χ2v) is 4.92. The number of nitrogens with zero attached hydrogens (tertiary/aromatic N) is 2. The Morgan fingerprint density at radius 3 is 2.55 bits per heavy atom. The van der Waals surface area contributed by atoms with Gasteiger partial charge < -0.3 is 10.2 Å². The lowest BCUT2D eigenvalue weighted by Crippen LogP contribution is -2.38. The second kappa shape index (κ2) is 7.79. The molecule has 1 aliphatic rings. The van der Waals surface area contributed by atoms with Crippen LogP contribution >= 0.6 is 0 Å². The summed E-state index contributed by atoms with van der Waals surface area (Å²) in [7, 11) is 1.91. The highest BCUT2D eigenvalue weighted by molar-refractivity contribution is 5.28. The monoisotopic (exact) mass is 283 g/mol. The predicted octanol–water partition coefficient (Wildman–Crippen LogP) is 2.61. The van der Waals surface area contributed by atoms with Gasteiger partial charge in [-0.05, 0) is 39.8 Å². The fourth-order valence-corrected chi connectivity index (χ4v) is 2.22. The summed E-state index contributed by atoms with van der Waals surface area (Å²) in [5.74, 6) is -0.603. The molecule has 1 aliphatic heterocycles. The van der Waals surface area contributed by atoms with Crippen LogP contribution in [0.5, 0.6) is 0 Å². The normalized spacial score (nSPS) is 19.1. The first-order valence-corrected chi connectivity index (χ1v) is 6.75. The van der Waals surface area contributed by atoms with Gasteiger partial charge in [0, 0.05) is 24.9 Å². The fourth-order valence-electron chi connectivity index (χ4n) is 2.22. The van der Waals surface area contributed by atoms with Crippen LogP contribution in [0.4, 0.5) is 4.39 Å². The van der Waals surface area contributed by atoms with Crippen LogP contribution in [-0.2, 0) is 0 Å². The Morgan fingerprint density at radius 2 is 2.05 bits per heavy atom. The zero-order chi connectivity index (χ0) is 15.1. The first-order chi connectivity index (χ1) is 9.45. The van der Waals surface area contributed by atoms with Gasteiger partial charge in [-0.3, -0.25) is 10.1 Å². The Bertz CT molecular complexity index is 438. The lowest BCUT2D eigenvalue weighted by atomic mass is 10.1. The summed E-state index contributed by atoms with van der Waals surface area (Å²) in [6.07, 6.45) is 5.89. The van der Waals surface area contributed by atoms with Gasteiger partial charge in [-0.25, -0.2) is 4.39 Å². The summed E-state index contributed by atoms with van der Waals surface area (Å²) >= 11 is 0. The zero-order valence-corrected chi connectivity index (χ0v) is 12.2. The predicted molar refractivity (Wildman–Crippen MR) is 77.4 cm³/mol. The molecule has 1 N–H and O–H groups in total. The SMILES string of the molecule is C/C=C(F)\C=C(/C(C)=CN(C)C1CCNCC1)[N+](=O)[O-]. The van der Waals surface area contributed by atoms with Crippen molar-refractivity contribution in [2.75, 3.05) is 20.1 Å². The van der Waals surface area contributed by atoms with Gasteiger partial charge in [-0.1, -0.05) is 6.08 Å². The number of piperidine rings is 1. The molecule has 0 amide bonds. The summed E-state index contributed by atoms with van der Waals surface area (Å²) in [4.78, 5) is 12.5. The van der Waals surface area contributed by atoms with Crippen molar-refractivity contribution in [2.45, 2.75) is 32.7 Å². The van der Waals surface area contributed by atoms with Crippen LogP contribution in [0.25, 0.3) is 0 Å². The fraction of sp³-hybridized carbons (Fsp3) is 0.571. The topological polar surface area (TPSA) is 58.4 Å². The number of rotatable bonds is 5. The van der Waals surface area contributed by atoms with E-state index < -0.39 is 10.8 Å².